The largest absolute Gasteiger partial charge is 0.481 e. The number of hydrogen-bond acceptors (Lipinski definition) is 7. The van der Waals surface area contributed by atoms with Crippen LogP contribution in [0, 0.1) is 68.0 Å². The van der Waals surface area contributed by atoms with Gasteiger partial charge in [0.1, 0.15) is 11.9 Å². The number of carboxylic acid groups (broad SMARTS) is 1. The predicted octanol–water partition coefficient (Wildman–Crippen LogP) is 8.12. The lowest BCUT2D eigenvalue weighted by Crippen LogP contribution is -2.66. The monoisotopic (exact) mass is 729 g/mol. The minimum Gasteiger partial charge on any atom is -0.481 e. The number of aromatic nitrogens is 2. The number of ether oxygens (including phenoxy) is 1. The highest BCUT2D eigenvalue weighted by Crippen LogP contribution is 2.77. The summed E-state index contributed by atoms with van der Waals surface area (Å²) >= 11 is 0. The van der Waals surface area contributed by atoms with Crippen LogP contribution < -0.4 is 5.32 Å². The number of aliphatic carboxylic acids is 1. The van der Waals surface area contributed by atoms with E-state index in [1.165, 1.54) is 5.57 Å². The van der Waals surface area contributed by atoms with Crippen molar-refractivity contribution in [2.45, 2.75) is 146 Å². The van der Waals surface area contributed by atoms with Crippen molar-refractivity contribution >= 4 is 23.6 Å². The maximum absolute atomic E-state index is 14.0. The Morgan fingerprint density at radius 1 is 0.868 bits per heavy atom. The van der Waals surface area contributed by atoms with Crippen molar-refractivity contribution in [3.63, 3.8) is 0 Å². The Morgan fingerprint density at radius 2 is 1.57 bits per heavy atom. The molecule has 2 N–H and O–H groups in total. The van der Waals surface area contributed by atoms with Crippen molar-refractivity contribution in [2.75, 3.05) is 0 Å². The summed E-state index contributed by atoms with van der Waals surface area (Å²) in [5.74, 6) is 0.0858. The van der Waals surface area contributed by atoms with Gasteiger partial charge in [-0.2, -0.15) is 0 Å². The van der Waals surface area contributed by atoms with Gasteiger partial charge in [0.05, 0.1) is 18.4 Å². The summed E-state index contributed by atoms with van der Waals surface area (Å²) in [5.41, 5.74) is 1.17. The highest BCUT2D eigenvalue weighted by molar-refractivity contribution is 6.01. The van der Waals surface area contributed by atoms with Crippen molar-refractivity contribution in [2.24, 2.45) is 68.0 Å². The number of allylic oxidation sites excluding steroid dienone is 2. The molecular formula is C44H63N3O6. The molecule has 1 aromatic rings. The fourth-order valence-electron chi connectivity index (χ4n) is 14.1. The number of esters is 1. The molecule has 1 heterocycles. The van der Waals surface area contributed by atoms with Gasteiger partial charge in [0.15, 0.2) is 5.78 Å². The molecule has 0 radical (unpaired) electrons. The fraction of sp³-hybridized carbons (Fsp3) is 0.773. The number of ketones is 1. The summed E-state index contributed by atoms with van der Waals surface area (Å²) in [4.78, 5) is 61.5. The summed E-state index contributed by atoms with van der Waals surface area (Å²) in [7, 11) is 0. The molecule has 1 aromatic heterocycles. The summed E-state index contributed by atoms with van der Waals surface area (Å²) in [6.07, 6.45) is 12.2. The topological polar surface area (TPSA) is 136 Å². The van der Waals surface area contributed by atoms with E-state index in [9.17, 15) is 24.3 Å². The minimum atomic E-state index is -0.832. The molecule has 5 saturated carbocycles. The van der Waals surface area contributed by atoms with E-state index in [0.717, 1.165) is 56.9 Å². The number of amides is 1. The zero-order valence-corrected chi connectivity index (χ0v) is 33.6. The van der Waals surface area contributed by atoms with Gasteiger partial charge in [-0.3, -0.25) is 19.2 Å². The van der Waals surface area contributed by atoms with E-state index in [1.54, 1.807) is 18.5 Å². The van der Waals surface area contributed by atoms with Crippen LogP contribution in [0.5, 0.6) is 0 Å². The van der Waals surface area contributed by atoms with Crippen molar-refractivity contribution in [3.8, 4) is 0 Å². The van der Waals surface area contributed by atoms with Crippen LogP contribution in [0.1, 0.15) is 139 Å². The molecule has 0 spiro atoms. The first kappa shape index (κ1) is 38.2. The van der Waals surface area contributed by atoms with Crippen LogP contribution in [-0.2, 0) is 30.5 Å². The molecule has 10 atom stereocenters. The average Bonchev–Trinajstić information content (AvgIpc) is 3.37. The number of carboxylic acids is 1. The predicted molar refractivity (Wildman–Crippen MR) is 201 cm³/mol. The maximum Gasteiger partial charge on any atom is 0.309 e. The number of Topliss-reactive ketones (excluding diaryl/α,β-unsaturated/α-hetero) is 1. The quantitative estimate of drug-likeness (QED) is 0.256. The molecular weight excluding hydrogens is 666 g/mol. The standard InChI is InChI=1S/C44H63N3O6/c1-25(2)35-29(48)22-44(23-34(49)47-24-33-45-19-10-20-46-33)18-17-42(8)26(36(35)44)11-12-31-41(7)15-14-32(40(5,6)30(41)13-16-43(31,42)9)53-38(52)28-21-27(37(50)51)39(28,3)4/h10,19-20,25-28,30-32H,11-18,21-24H2,1-9H3,(H,47,49)(H,50,51)/t26-,27+,28-,30+,31-,32+,41+,42-,43-,44+/m1/s1. The third-order valence-electron chi connectivity index (χ3n) is 17.2. The second kappa shape index (κ2) is 12.7. The molecule has 7 rings (SSSR count). The summed E-state index contributed by atoms with van der Waals surface area (Å²) < 4.78 is 6.40. The average molecular weight is 730 g/mol. The van der Waals surface area contributed by atoms with Gasteiger partial charge in [-0.15, -0.1) is 0 Å². The highest BCUT2D eigenvalue weighted by Gasteiger charge is 2.70. The van der Waals surface area contributed by atoms with Gasteiger partial charge < -0.3 is 15.2 Å². The molecule has 1 amide bonds. The Labute approximate surface area is 316 Å². The van der Waals surface area contributed by atoms with Gasteiger partial charge >= 0.3 is 11.9 Å². The second-order valence-electron chi connectivity index (χ2n) is 20.4. The third-order valence-corrected chi connectivity index (χ3v) is 17.2. The zero-order valence-electron chi connectivity index (χ0n) is 33.6. The first-order valence-corrected chi connectivity index (χ1v) is 20.5. The van der Waals surface area contributed by atoms with Gasteiger partial charge in [0.25, 0.3) is 0 Å². The third kappa shape index (κ3) is 5.58. The smallest absolute Gasteiger partial charge is 0.309 e. The van der Waals surface area contributed by atoms with Crippen LogP contribution in [0.15, 0.2) is 29.6 Å². The van der Waals surface area contributed by atoms with Crippen LogP contribution in [-0.4, -0.2) is 44.8 Å². The lowest BCUT2D eigenvalue weighted by atomic mass is 9.33. The molecule has 6 aliphatic carbocycles. The molecule has 6 aliphatic rings. The normalized spacial score (nSPS) is 41.0. The van der Waals surface area contributed by atoms with Crippen molar-refractivity contribution in [1.29, 1.82) is 0 Å². The molecule has 5 fully saturated rings. The summed E-state index contributed by atoms with van der Waals surface area (Å²) in [5, 5.41) is 12.7. The van der Waals surface area contributed by atoms with Crippen molar-refractivity contribution in [1.82, 2.24) is 15.3 Å². The number of carbonyl (C=O) groups excluding carboxylic acids is 3. The Balaban J connectivity index is 1.13. The van der Waals surface area contributed by atoms with Crippen LogP contribution in [0.4, 0.5) is 0 Å². The molecule has 0 unspecified atom stereocenters. The SMILES string of the molecule is CC(C)C1=C2[C@H]3CC[C@@H]4[C@@]5(C)CC[C@H](OC(=O)[C@H]6C[C@@H](C(=O)O)C6(C)C)C(C)(C)[C@@H]5CC[C@@]4(C)[C@]3(C)CC[C@@]2(CC(=O)NCc2ncccn2)CC1=O. The lowest BCUT2D eigenvalue weighted by Gasteiger charge is -2.72. The molecule has 0 saturated heterocycles. The number of hydrogen-bond donors (Lipinski definition) is 2. The fourth-order valence-corrected chi connectivity index (χ4v) is 14.1. The van der Waals surface area contributed by atoms with Crippen LogP contribution in [0.2, 0.25) is 0 Å². The number of fused-ring (bicyclic) bond motifs is 7. The molecule has 290 valence electrons. The van der Waals surface area contributed by atoms with E-state index in [4.69, 9.17) is 4.74 Å². The molecule has 0 aromatic carbocycles. The number of rotatable bonds is 8. The van der Waals surface area contributed by atoms with E-state index in [1.807, 2.05) is 13.8 Å². The van der Waals surface area contributed by atoms with Gasteiger partial charge in [0, 0.05) is 36.1 Å². The molecule has 0 bridgehead atoms. The van der Waals surface area contributed by atoms with Gasteiger partial charge in [-0.05, 0) is 115 Å². The number of nitrogens with one attached hydrogen (secondary N) is 1. The van der Waals surface area contributed by atoms with E-state index >= 15 is 0 Å². The van der Waals surface area contributed by atoms with Crippen LogP contribution in [0.25, 0.3) is 0 Å². The molecule has 0 aliphatic heterocycles. The second-order valence-corrected chi connectivity index (χ2v) is 20.4. The van der Waals surface area contributed by atoms with Gasteiger partial charge in [-0.1, -0.05) is 67.9 Å². The highest BCUT2D eigenvalue weighted by atomic mass is 16.5. The molecule has 53 heavy (non-hydrogen) atoms. The summed E-state index contributed by atoms with van der Waals surface area (Å²) in [6, 6.07) is 1.76. The van der Waals surface area contributed by atoms with Crippen LogP contribution >= 0.6 is 0 Å². The first-order valence-electron chi connectivity index (χ1n) is 20.5. The Kier molecular flexibility index (Phi) is 9.17. The Bertz CT molecular complexity index is 1720. The number of carbonyl (C=O) groups is 4. The Morgan fingerprint density at radius 3 is 2.21 bits per heavy atom. The van der Waals surface area contributed by atoms with E-state index in [2.05, 4.69) is 63.8 Å². The lowest BCUT2D eigenvalue weighted by molar-refractivity contribution is -0.236. The molecule has 9 heteroatoms. The van der Waals surface area contributed by atoms with E-state index < -0.39 is 22.7 Å². The van der Waals surface area contributed by atoms with Crippen molar-refractivity contribution < 1.29 is 29.0 Å². The van der Waals surface area contributed by atoms with Crippen LogP contribution in [0.3, 0.4) is 0 Å². The van der Waals surface area contributed by atoms with Crippen molar-refractivity contribution in [3.05, 3.63) is 35.4 Å². The number of nitrogens with zero attached hydrogens (tertiary/aromatic N) is 2. The molecule has 9 nitrogen and oxygen atoms in total. The minimum absolute atomic E-state index is 0.00815. The maximum atomic E-state index is 14.0. The zero-order chi connectivity index (χ0) is 38.5. The van der Waals surface area contributed by atoms with E-state index in [0.29, 0.717) is 36.9 Å². The first-order chi connectivity index (χ1) is 24.7. The van der Waals surface area contributed by atoms with Gasteiger partial charge in [-0.25, -0.2) is 9.97 Å². The Hall–Kier alpha value is -3.10. The summed E-state index contributed by atoms with van der Waals surface area (Å²) in [6.45, 7) is 20.6. The van der Waals surface area contributed by atoms with E-state index in [-0.39, 0.29) is 69.7 Å². The van der Waals surface area contributed by atoms with Gasteiger partial charge in [0.2, 0.25) is 5.91 Å².